The Hall–Kier alpha value is -0.770. The van der Waals surface area contributed by atoms with Crippen LogP contribution in [0.3, 0.4) is 0 Å². The van der Waals surface area contributed by atoms with Gasteiger partial charge < -0.3 is 9.64 Å². The van der Waals surface area contributed by atoms with Crippen LogP contribution in [0.2, 0.25) is 0 Å². The predicted octanol–water partition coefficient (Wildman–Crippen LogP) is 1.59. The molecule has 1 aliphatic rings. The summed E-state index contributed by atoms with van der Waals surface area (Å²) in [7, 11) is 0. The van der Waals surface area contributed by atoms with Crippen LogP contribution in [0.15, 0.2) is 18.3 Å². The highest BCUT2D eigenvalue weighted by molar-refractivity contribution is 9.09. The number of pyridine rings is 1. The molecule has 2 rings (SSSR count). The largest absolute Gasteiger partial charge is 0.469 e. The molecular weight excluding hydrogens is 208 g/mol. The number of aromatic nitrogens is 1. The molecule has 2 heterocycles. The van der Waals surface area contributed by atoms with E-state index in [-0.39, 0.29) is 0 Å². The van der Waals surface area contributed by atoms with Gasteiger partial charge in [-0.3, -0.25) is 0 Å². The lowest BCUT2D eigenvalue weighted by atomic mass is 10.4. The maximum Gasteiger partial charge on any atom is 0.174 e. The molecule has 3 nitrogen and oxygen atoms in total. The molecule has 1 aromatic rings. The van der Waals surface area contributed by atoms with E-state index in [0.717, 1.165) is 17.0 Å². The smallest absolute Gasteiger partial charge is 0.174 e. The van der Waals surface area contributed by atoms with Crippen molar-refractivity contribution in [2.75, 3.05) is 17.1 Å². The Labute approximate surface area is 73.1 Å². The number of alkyl halides is 1. The van der Waals surface area contributed by atoms with Gasteiger partial charge in [0.05, 0.1) is 5.45 Å². The van der Waals surface area contributed by atoms with Crippen molar-refractivity contribution in [2.24, 2.45) is 0 Å². The van der Waals surface area contributed by atoms with Crippen LogP contribution in [0.4, 0.5) is 5.82 Å². The van der Waals surface area contributed by atoms with Crippen molar-refractivity contribution >= 4 is 21.7 Å². The average Bonchev–Trinajstić information content (AvgIpc) is 2.47. The zero-order valence-corrected chi connectivity index (χ0v) is 7.41. The van der Waals surface area contributed by atoms with Gasteiger partial charge in [0.15, 0.2) is 18.3 Å². The van der Waals surface area contributed by atoms with Crippen LogP contribution in [0.1, 0.15) is 0 Å². The molecule has 0 saturated carbocycles. The summed E-state index contributed by atoms with van der Waals surface area (Å²) in [4.78, 5) is 6.19. The zero-order chi connectivity index (χ0) is 7.68. The quantitative estimate of drug-likeness (QED) is 0.525. The molecule has 0 radical (unpaired) electrons. The van der Waals surface area contributed by atoms with E-state index in [1.165, 1.54) is 0 Å². The molecule has 0 aromatic carbocycles. The molecule has 0 spiro atoms. The summed E-state index contributed by atoms with van der Waals surface area (Å²) >= 11 is 3.35. The minimum Gasteiger partial charge on any atom is -0.469 e. The van der Waals surface area contributed by atoms with Crippen LogP contribution in [-0.2, 0) is 0 Å². The lowest BCUT2D eigenvalue weighted by Gasteiger charge is -2.09. The summed E-state index contributed by atoms with van der Waals surface area (Å²) in [5.74, 6) is 1.79. The molecule has 0 bridgehead atoms. The summed E-state index contributed by atoms with van der Waals surface area (Å²) in [5, 5.41) is 0. The van der Waals surface area contributed by atoms with Gasteiger partial charge in [0.25, 0.3) is 0 Å². The van der Waals surface area contributed by atoms with Crippen molar-refractivity contribution in [1.82, 2.24) is 4.98 Å². The van der Waals surface area contributed by atoms with E-state index in [4.69, 9.17) is 4.74 Å². The summed E-state index contributed by atoms with van der Waals surface area (Å²) in [6.45, 7) is 0.595. The van der Waals surface area contributed by atoms with Crippen molar-refractivity contribution in [2.45, 2.75) is 0 Å². The summed E-state index contributed by atoms with van der Waals surface area (Å²) < 4.78 is 5.34. The van der Waals surface area contributed by atoms with Crippen LogP contribution >= 0.6 is 15.9 Å². The van der Waals surface area contributed by atoms with Gasteiger partial charge in [0.2, 0.25) is 0 Å². The molecule has 0 N–H and O–H groups in total. The van der Waals surface area contributed by atoms with Gasteiger partial charge >= 0.3 is 0 Å². The highest BCUT2D eigenvalue weighted by Crippen LogP contribution is 2.30. The average molecular weight is 215 g/mol. The van der Waals surface area contributed by atoms with Gasteiger partial charge in [-0.05, 0) is 12.1 Å². The van der Waals surface area contributed by atoms with Crippen LogP contribution < -0.4 is 9.64 Å². The molecule has 0 saturated heterocycles. The lowest BCUT2D eigenvalue weighted by Crippen LogP contribution is -2.19. The Kier molecular flexibility index (Phi) is 1.69. The highest BCUT2D eigenvalue weighted by atomic mass is 79.9. The van der Waals surface area contributed by atoms with Gasteiger partial charge in [-0.1, -0.05) is 15.9 Å². The molecule has 0 amide bonds. The number of fused-ring (bicyclic) bond motifs is 1. The van der Waals surface area contributed by atoms with Gasteiger partial charge in [0.1, 0.15) is 0 Å². The first-order valence-corrected chi connectivity index (χ1v) is 4.42. The first-order chi connectivity index (χ1) is 5.42. The van der Waals surface area contributed by atoms with Crippen molar-refractivity contribution in [3.63, 3.8) is 0 Å². The van der Waals surface area contributed by atoms with E-state index >= 15 is 0 Å². The maximum atomic E-state index is 5.34. The SMILES string of the molecule is BrCN1COc2cccnc21. The topological polar surface area (TPSA) is 25.4 Å². The third kappa shape index (κ3) is 1.07. The minimum absolute atomic E-state index is 0.595. The van der Waals surface area contributed by atoms with Gasteiger partial charge in [-0.2, -0.15) is 0 Å². The maximum absolute atomic E-state index is 5.34. The predicted molar refractivity (Wildman–Crippen MR) is 46.0 cm³/mol. The fourth-order valence-electron chi connectivity index (χ4n) is 1.03. The Morgan fingerprint density at radius 3 is 3.45 bits per heavy atom. The fraction of sp³-hybridized carbons (Fsp3) is 0.286. The van der Waals surface area contributed by atoms with Gasteiger partial charge in [0, 0.05) is 6.20 Å². The number of ether oxygens (including phenoxy) is 1. The Morgan fingerprint density at radius 1 is 1.73 bits per heavy atom. The zero-order valence-electron chi connectivity index (χ0n) is 5.83. The highest BCUT2D eigenvalue weighted by Gasteiger charge is 2.19. The number of hydrogen-bond donors (Lipinski definition) is 0. The van der Waals surface area contributed by atoms with Crippen LogP contribution in [0.5, 0.6) is 5.75 Å². The molecule has 0 aliphatic carbocycles. The molecular formula is C7H7BrN2O. The van der Waals surface area contributed by atoms with E-state index in [2.05, 4.69) is 20.9 Å². The van der Waals surface area contributed by atoms with Crippen molar-refractivity contribution in [3.8, 4) is 5.75 Å². The molecule has 0 fully saturated rings. The molecule has 11 heavy (non-hydrogen) atoms. The molecule has 1 aromatic heterocycles. The summed E-state index contributed by atoms with van der Waals surface area (Å²) in [6, 6.07) is 3.79. The number of rotatable bonds is 1. The third-order valence-corrected chi connectivity index (χ3v) is 2.18. The second kappa shape index (κ2) is 2.70. The first kappa shape index (κ1) is 6.91. The number of nitrogens with zero attached hydrogens (tertiary/aromatic N) is 2. The van der Waals surface area contributed by atoms with Gasteiger partial charge in [-0.15, -0.1) is 0 Å². The van der Waals surface area contributed by atoms with E-state index < -0.39 is 0 Å². The third-order valence-electron chi connectivity index (χ3n) is 1.57. The van der Waals surface area contributed by atoms with Crippen molar-refractivity contribution < 1.29 is 4.74 Å². The molecule has 0 atom stereocenters. The second-order valence-corrected chi connectivity index (χ2v) is 2.76. The van der Waals surface area contributed by atoms with Crippen LogP contribution in [0.25, 0.3) is 0 Å². The fourth-order valence-corrected chi connectivity index (χ4v) is 1.41. The second-order valence-electron chi connectivity index (χ2n) is 2.26. The van der Waals surface area contributed by atoms with Crippen molar-refractivity contribution in [3.05, 3.63) is 18.3 Å². The standard InChI is InChI=1S/C7H7BrN2O/c8-4-10-5-11-6-2-1-3-9-7(6)10/h1-3H,4-5H2. The summed E-state index contributed by atoms with van der Waals surface area (Å²) in [6.07, 6.45) is 1.77. The van der Waals surface area contributed by atoms with Crippen LogP contribution in [0, 0.1) is 0 Å². The monoisotopic (exact) mass is 214 g/mol. The van der Waals surface area contributed by atoms with E-state index in [1.807, 2.05) is 17.0 Å². The number of halogens is 1. The van der Waals surface area contributed by atoms with Crippen molar-refractivity contribution in [1.29, 1.82) is 0 Å². The minimum atomic E-state index is 0.595. The normalized spacial score (nSPS) is 14.5. The Bertz CT molecular complexity index is 266. The number of hydrogen-bond acceptors (Lipinski definition) is 3. The molecule has 58 valence electrons. The van der Waals surface area contributed by atoms with Gasteiger partial charge in [-0.25, -0.2) is 4.98 Å². The molecule has 1 aliphatic heterocycles. The molecule has 0 unspecified atom stereocenters. The van der Waals surface area contributed by atoms with E-state index in [9.17, 15) is 0 Å². The summed E-state index contributed by atoms with van der Waals surface area (Å²) in [5.41, 5.74) is 0.761. The Morgan fingerprint density at radius 2 is 2.64 bits per heavy atom. The van der Waals surface area contributed by atoms with Crippen LogP contribution in [-0.4, -0.2) is 17.2 Å². The van der Waals surface area contributed by atoms with E-state index in [0.29, 0.717) is 6.73 Å². The Balaban J connectivity index is 2.39. The van der Waals surface area contributed by atoms with E-state index in [1.54, 1.807) is 6.20 Å². The first-order valence-electron chi connectivity index (χ1n) is 3.30. The molecule has 4 heteroatoms. The number of anilines is 1. The lowest BCUT2D eigenvalue weighted by molar-refractivity contribution is 0.352.